The molecule has 0 aromatic heterocycles. The molecule has 0 aliphatic heterocycles. The number of rotatable bonds is 2. The highest BCUT2D eigenvalue weighted by Crippen LogP contribution is 2.31. The summed E-state index contributed by atoms with van der Waals surface area (Å²) in [4.78, 5) is 10.0. The number of halogens is 3. The smallest absolute Gasteiger partial charge is 0.258 e. The van der Waals surface area contributed by atoms with E-state index >= 15 is 0 Å². The zero-order valence-electron chi connectivity index (χ0n) is 6.26. The zero-order chi connectivity index (χ0) is 10.0. The van der Waals surface area contributed by atoms with E-state index in [1.807, 2.05) is 0 Å². The van der Waals surface area contributed by atoms with Gasteiger partial charge in [0.1, 0.15) is 0 Å². The molecule has 6 heteroatoms. The van der Waals surface area contributed by atoms with Crippen LogP contribution in [0, 0.1) is 10.1 Å². The van der Waals surface area contributed by atoms with Gasteiger partial charge in [-0.1, -0.05) is 47.8 Å². The lowest BCUT2D eigenvalue weighted by Gasteiger charge is -2.02. The van der Waals surface area contributed by atoms with Crippen LogP contribution >= 0.6 is 47.8 Å². The van der Waals surface area contributed by atoms with Gasteiger partial charge in [-0.3, -0.25) is 10.1 Å². The van der Waals surface area contributed by atoms with Crippen LogP contribution in [-0.2, 0) is 5.33 Å². The molecule has 0 saturated carbocycles. The van der Waals surface area contributed by atoms with Gasteiger partial charge < -0.3 is 0 Å². The van der Waals surface area contributed by atoms with Gasteiger partial charge in [0, 0.05) is 26.4 Å². The SMILES string of the molecule is O=[N+]([O-])c1cc(Br)c(CBr)c(Br)c1. The third kappa shape index (κ3) is 2.51. The molecule has 1 rings (SSSR count). The average molecular weight is 374 g/mol. The lowest BCUT2D eigenvalue weighted by molar-refractivity contribution is -0.385. The molecule has 0 N–H and O–H groups in total. The van der Waals surface area contributed by atoms with Crippen molar-refractivity contribution in [1.82, 2.24) is 0 Å². The first-order chi connectivity index (χ1) is 6.06. The molecule has 1 aromatic carbocycles. The van der Waals surface area contributed by atoms with Gasteiger partial charge >= 0.3 is 0 Å². The highest BCUT2D eigenvalue weighted by molar-refractivity contribution is 9.11. The van der Waals surface area contributed by atoms with Gasteiger partial charge in [-0.15, -0.1) is 0 Å². The number of hydrogen-bond acceptors (Lipinski definition) is 2. The molecule has 0 amide bonds. The summed E-state index contributed by atoms with van der Waals surface area (Å²) in [6.07, 6.45) is 0. The summed E-state index contributed by atoms with van der Waals surface area (Å²) >= 11 is 9.81. The first-order valence-electron chi connectivity index (χ1n) is 3.24. The lowest BCUT2D eigenvalue weighted by Crippen LogP contribution is -1.91. The molecule has 3 nitrogen and oxygen atoms in total. The summed E-state index contributed by atoms with van der Waals surface area (Å²) in [5, 5.41) is 11.1. The van der Waals surface area contributed by atoms with Gasteiger partial charge in [0.25, 0.3) is 5.69 Å². The van der Waals surface area contributed by atoms with Gasteiger partial charge in [-0.2, -0.15) is 0 Å². The third-order valence-electron chi connectivity index (χ3n) is 1.47. The molecule has 0 unspecified atom stereocenters. The van der Waals surface area contributed by atoms with Gasteiger partial charge in [0.2, 0.25) is 0 Å². The largest absolute Gasteiger partial charge is 0.271 e. The molecule has 0 saturated heterocycles. The second kappa shape index (κ2) is 4.52. The molecule has 0 spiro atoms. The van der Waals surface area contributed by atoms with E-state index in [1.54, 1.807) is 0 Å². The summed E-state index contributed by atoms with van der Waals surface area (Å²) in [5.41, 5.74) is 1.04. The van der Waals surface area contributed by atoms with E-state index in [1.165, 1.54) is 12.1 Å². The maximum absolute atomic E-state index is 10.5. The summed E-state index contributed by atoms with van der Waals surface area (Å²) < 4.78 is 1.45. The minimum Gasteiger partial charge on any atom is -0.258 e. The van der Waals surface area contributed by atoms with Gasteiger partial charge in [-0.25, -0.2) is 0 Å². The van der Waals surface area contributed by atoms with Crippen LogP contribution in [0.1, 0.15) is 5.56 Å². The monoisotopic (exact) mass is 371 g/mol. The molecule has 13 heavy (non-hydrogen) atoms. The Balaban J connectivity index is 3.28. The number of hydrogen-bond donors (Lipinski definition) is 0. The Morgan fingerprint density at radius 3 is 2.08 bits per heavy atom. The number of benzene rings is 1. The van der Waals surface area contributed by atoms with Crippen molar-refractivity contribution in [3.05, 3.63) is 36.8 Å². The molecule has 0 aliphatic rings. The van der Waals surface area contributed by atoms with Crippen LogP contribution in [0.3, 0.4) is 0 Å². The van der Waals surface area contributed by atoms with Crippen molar-refractivity contribution in [3.8, 4) is 0 Å². The van der Waals surface area contributed by atoms with E-state index in [4.69, 9.17) is 0 Å². The fraction of sp³-hybridized carbons (Fsp3) is 0.143. The Bertz CT molecular complexity index is 331. The van der Waals surface area contributed by atoms with Crippen molar-refractivity contribution in [2.45, 2.75) is 5.33 Å². The summed E-state index contributed by atoms with van der Waals surface area (Å²) in [5.74, 6) is 0. The van der Waals surface area contributed by atoms with Crippen molar-refractivity contribution >= 4 is 53.5 Å². The number of non-ortho nitro benzene ring substituents is 1. The number of nitrogens with zero attached hydrogens (tertiary/aromatic N) is 1. The quantitative estimate of drug-likeness (QED) is 0.446. The second-order valence-electron chi connectivity index (χ2n) is 2.28. The lowest BCUT2D eigenvalue weighted by atomic mass is 10.2. The normalized spacial score (nSPS) is 10.1. The molecular weight excluding hydrogens is 370 g/mol. The Hall–Kier alpha value is 0.0600. The highest BCUT2D eigenvalue weighted by Gasteiger charge is 2.12. The number of nitro groups is 1. The van der Waals surface area contributed by atoms with Gasteiger partial charge in [0.15, 0.2) is 0 Å². The molecule has 70 valence electrons. The third-order valence-corrected chi connectivity index (χ3v) is 3.45. The van der Waals surface area contributed by atoms with E-state index < -0.39 is 4.92 Å². The van der Waals surface area contributed by atoms with Crippen LogP contribution in [0.15, 0.2) is 21.1 Å². The topological polar surface area (TPSA) is 43.1 Å². The predicted molar refractivity (Wildman–Crippen MR) is 61.1 cm³/mol. The maximum atomic E-state index is 10.5. The Labute approximate surface area is 100 Å². The van der Waals surface area contributed by atoms with Gasteiger partial charge in [0.05, 0.1) is 4.92 Å². The minimum atomic E-state index is -0.423. The van der Waals surface area contributed by atoms with E-state index in [9.17, 15) is 10.1 Å². The summed E-state index contributed by atoms with van der Waals surface area (Å²) in [6.45, 7) is 0. The van der Waals surface area contributed by atoms with E-state index in [0.717, 1.165) is 14.5 Å². The van der Waals surface area contributed by atoms with E-state index in [-0.39, 0.29) is 5.69 Å². The van der Waals surface area contributed by atoms with E-state index in [2.05, 4.69) is 47.8 Å². The summed E-state index contributed by atoms with van der Waals surface area (Å²) in [7, 11) is 0. The molecule has 1 aromatic rings. The van der Waals surface area contributed by atoms with Crippen molar-refractivity contribution in [2.75, 3.05) is 0 Å². The van der Waals surface area contributed by atoms with Crippen LogP contribution in [-0.4, -0.2) is 4.92 Å². The minimum absolute atomic E-state index is 0.0726. The summed E-state index contributed by atoms with van der Waals surface area (Å²) in [6, 6.07) is 2.97. The van der Waals surface area contributed by atoms with Gasteiger partial charge in [-0.05, 0) is 5.56 Å². The van der Waals surface area contributed by atoms with Crippen molar-refractivity contribution in [2.24, 2.45) is 0 Å². The van der Waals surface area contributed by atoms with Crippen LogP contribution in [0.2, 0.25) is 0 Å². The Morgan fingerprint density at radius 1 is 1.31 bits per heavy atom. The fourth-order valence-corrected chi connectivity index (χ4v) is 3.62. The molecule has 0 fully saturated rings. The molecule has 0 bridgehead atoms. The van der Waals surface area contributed by atoms with Crippen LogP contribution in [0.25, 0.3) is 0 Å². The maximum Gasteiger partial charge on any atom is 0.271 e. The van der Waals surface area contributed by atoms with Crippen molar-refractivity contribution < 1.29 is 4.92 Å². The fourth-order valence-electron chi connectivity index (χ4n) is 0.823. The Kier molecular flexibility index (Phi) is 3.87. The standard InChI is InChI=1S/C7H4Br3NO2/c8-3-5-6(9)1-4(11(12)13)2-7(5)10/h1-2H,3H2. The molecule has 0 radical (unpaired) electrons. The molecule has 0 aliphatic carbocycles. The molecule has 0 atom stereocenters. The Morgan fingerprint density at radius 2 is 1.77 bits per heavy atom. The average Bonchev–Trinajstić information content (AvgIpc) is 2.03. The van der Waals surface area contributed by atoms with E-state index in [0.29, 0.717) is 5.33 Å². The second-order valence-corrected chi connectivity index (χ2v) is 4.55. The number of alkyl halides is 1. The van der Waals surface area contributed by atoms with Crippen LogP contribution in [0.5, 0.6) is 0 Å². The number of nitro benzene ring substituents is 1. The first-order valence-corrected chi connectivity index (χ1v) is 5.95. The predicted octanol–water partition coefficient (Wildman–Crippen LogP) is 4.01. The van der Waals surface area contributed by atoms with Crippen molar-refractivity contribution in [3.63, 3.8) is 0 Å². The molecular formula is C7H4Br3NO2. The van der Waals surface area contributed by atoms with Crippen molar-refractivity contribution in [1.29, 1.82) is 0 Å². The highest BCUT2D eigenvalue weighted by atomic mass is 79.9. The van der Waals surface area contributed by atoms with Crippen LogP contribution < -0.4 is 0 Å². The zero-order valence-corrected chi connectivity index (χ0v) is 11.0. The first kappa shape index (κ1) is 11.1. The van der Waals surface area contributed by atoms with Crippen LogP contribution in [0.4, 0.5) is 5.69 Å². The molecule has 0 heterocycles.